The Morgan fingerprint density at radius 2 is 1.64 bits per heavy atom. The molecule has 1 aromatic heterocycles. The SMILES string of the molecule is Cc1cccc(-n2nc(C(=O)Nc3ccc(F)cc3)c(=O)n(Cc3ccc(C(F)(F)F)cc3)c2=O)c1. The van der Waals surface area contributed by atoms with Crippen molar-refractivity contribution in [1.29, 1.82) is 0 Å². The van der Waals surface area contributed by atoms with Crippen LogP contribution in [0.2, 0.25) is 0 Å². The molecule has 0 spiro atoms. The maximum Gasteiger partial charge on any atom is 0.416 e. The first-order valence-electron chi connectivity index (χ1n) is 10.6. The first-order chi connectivity index (χ1) is 17.0. The average Bonchev–Trinajstić information content (AvgIpc) is 2.83. The summed E-state index contributed by atoms with van der Waals surface area (Å²) in [7, 11) is 0. The minimum absolute atomic E-state index is 0.185. The molecule has 0 aliphatic heterocycles. The molecule has 3 aromatic carbocycles. The van der Waals surface area contributed by atoms with Crippen molar-refractivity contribution in [2.24, 2.45) is 0 Å². The molecule has 0 saturated carbocycles. The molecule has 11 heteroatoms. The molecule has 0 atom stereocenters. The number of anilines is 1. The Balaban J connectivity index is 1.81. The van der Waals surface area contributed by atoms with Gasteiger partial charge < -0.3 is 5.32 Å². The van der Waals surface area contributed by atoms with Crippen molar-refractivity contribution in [3.63, 3.8) is 0 Å². The molecule has 0 bridgehead atoms. The fourth-order valence-electron chi connectivity index (χ4n) is 3.43. The summed E-state index contributed by atoms with van der Waals surface area (Å²) in [5.74, 6) is -1.48. The number of benzene rings is 3. The summed E-state index contributed by atoms with van der Waals surface area (Å²) in [6, 6.07) is 15.3. The molecule has 0 saturated heterocycles. The number of nitrogens with zero attached hydrogens (tertiary/aromatic N) is 3. The van der Waals surface area contributed by atoms with Crippen LogP contribution in [0.15, 0.2) is 82.4 Å². The van der Waals surface area contributed by atoms with Gasteiger partial charge in [0.05, 0.1) is 17.8 Å². The smallest absolute Gasteiger partial charge is 0.320 e. The van der Waals surface area contributed by atoms with E-state index in [1.807, 2.05) is 0 Å². The van der Waals surface area contributed by atoms with E-state index < -0.39 is 47.0 Å². The van der Waals surface area contributed by atoms with E-state index in [1.54, 1.807) is 31.2 Å². The van der Waals surface area contributed by atoms with Gasteiger partial charge in [-0.05, 0) is 66.6 Å². The number of carbonyl (C=O) groups excluding carboxylic acids is 1. The van der Waals surface area contributed by atoms with Gasteiger partial charge in [0.1, 0.15) is 5.82 Å². The maximum atomic E-state index is 13.2. The molecule has 1 N–H and O–H groups in total. The monoisotopic (exact) mass is 498 g/mol. The van der Waals surface area contributed by atoms with Gasteiger partial charge in [-0.15, -0.1) is 0 Å². The van der Waals surface area contributed by atoms with Crippen LogP contribution in [0.25, 0.3) is 5.69 Å². The molecule has 7 nitrogen and oxygen atoms in total. The van der Waals surface area contributed by atoms with Crippen molar-refractivity contribution >= 4 is 11.6 Å². The normalized spacial score (nSPS) is 11.4. The number of halogens is 4. The standard InChI is InChI=1S/C25H18F4N4O3/c1-15-3-2-4-20(13-15)33-24(36)32(14-16-5-7-17(8-6-16)25(27,28)29)23(35)21(31-33)22(34)30-19-11-9-18(26)10-12-19/h2-13H,14H2,1H3,(H,30,34). The van der Waals surface area contributed by atoms with Gasteiger partial charge in [-0.3, -0.25) is 14.2 Å². The number of rotatable bonds is 5. The number of aromatic nitrogens is 3. The van der Waals surface area contributed by atoms with E-state index in [9.17, 15) is 31.9 Å². The first kappa shape index (κ1) is 24.6. The lowest BCUT2D eigenvalue weighted by atomic mass is 10.1. The molecule has 1 amide bonds. The summed E-state index contributed by atoms with van der Waals surface area (Å²) < 4.78 is 53.5. The quantitative estimate of drug-likeness (QED) is 0.419. The van der Waals surface area contributed by atoms with Crippen molar-refractivity contribution in [2.75, 3.05) is 5.32 Å². The number of aryl methyl sites for hydroxylation is 1. The number of hydrogen-bond acceptors (Lipinski definition) is 4. The summed E-state index contributed by atoms with van der Waals surface area (Å²) in [5, 5.41) is 6.41. The lowest BCUT2D eigenvalue weighted by Crippen LogP contribution is -2.45. The molecular formula is C25H18F4N4O3. The molecule has 184 valence electrons. The molecule has 36 heavy (non-hydrogen) atoms. The van der Waals surface area contributed by atoms with Crippen LogP contribution in [-0.2, 0) is 12.7 Å². The summed E-state index contributed by atoms with van der Waals surface area (Å²) >= 11 is 0. The summed E-state index contributed by atoms with van der Waals surface area (Å²) in [4.78, 5) is 39.3. The van der Waals surface area contributed by atoms with Crippen molar-refractivity contribution < 1.29 is 22.4 Å². The molecule has 4 rings (SSSR count). The summed E-state index contributed by atoms with van der Waals surface area (Å²) in [6.07, 6.45) is -4.55. The highest BCUT2D eigenvalue weighted by atomic mass is 19.4. The molecule has 0 aliphatic carbocycles. The van der Waals surface area contributed by atoms with Crippen LogP contribution in [0.4, 0.5) is 23.2 Å². The van der Waals surface area contributed by atoms with Gasteiger partial charge in [-0.1, -0.05) is 24.3 Å². The van der Waals surface area contributed by atoms with Gasteiger partial charge in [0.2, 0.25) is 5.69 Å². The average molecular weight is 498 g/mol. The highest BCUT2D eigenvalue weighted by molar-refractivity contribution is 6.02. The number of hydrogen-bond donors (Lipinski definition) is 1. The van der Waals surface area contributed by atoms with Gasteiger partial charge in [-0.2, -0.15) is 23.0 Å². The van der Waals surface area contributed by atoms with Crippen LogP contribution in [-0.4, -0.2) is 20.3 Å². The maximum absolute atomic E-state index is 13.2. The first-order valence-corrected chi connectivity index (χ1v) is 10.6. The Bertz CT molecular complexity index is 1540. The summed E-state index contributed by atoms with van der Waals surface area (Å²) in [6.45, 7) is 1.37. The van der Waals surface area contributed by atoms with E-state index in [2.05, 4.69) is 10.4 Å². The molecule has 4 aromatic rings. The Morgan fingerprint density at radius 3 is 2.25 bits per heavy atom. The molecule has 0 aliphatic rings. The van der Waals surface area contributed by atoms with Gasteiger partial charge in [0.25, 0.3) is 11.5 Å². The van der Waals surface area contributed by atoms with E-state index in [4.69, 9.17) is 0 Å². The number of alkyl halides is 3. The van der Waals surface area contributed by atoms with Crippen LogP contribution in [0.1, 0.15) is 27.2 Å². The summed E-state index contributed by atoms with van der Waals surface area (Å²) in [5.41, 5.74) is -1.97. The zero-order valence-electron chi connectivity index (χ0n) is 18.7. The molecule has 0 radical (unpaired) electrons. The van der Waals surface area contributed by atoms with Gasteiger partial charge in [-0.25, -0.2) is 9.18 Å². The molecule has 1 heterocycles. The minimum atomic E-state index is -4.55. The Labute approximate surface area is 201 Å². The van der Waals surface area contributed by atoms with Gasteiger partial charge in [0.15, 0.2) is 0 Å². The van der Waals surface area contributed by atoms with E-state index >= 15 is 0 Å². The van der Waals surface area contributed by atoms with Crippen molar-refractivity contribution in [2.45, 2.75) is 19.6 Å². The molecular weight excluding hydrogens is 480 g/mol. The third kappa shape index (κ3) is 5.24. The number of carbonyl (C=O) groups is 1. The zero-order valence-corrected chi connectivity index (χ0v) is 18.7. The van der Waals surface area contributed by atoms with Gasteiger partial charge >= 0.3 is 11.9 Å². The van der Waals surface area contributed by atoms with Crippen molar-refractivity contribution in [3.8, 4) is 5.69 Å². The highest BCUT2D eigenvalue weighted by Gasteiger charge is 2.30. The van der Waals surface area contributed by atoms with E-state index in [-0.39, 0.29) is 16.9 Å². The zero-order chi connectivity index (χ0) is 26.0. The Kier molecular flexibility index (Phi) is 6.56. The van der Waals surface area contributed by atoms with Gasteiger partial charge in [0, 0.05) is 5.69 Å². The van der Waals surface area contributed by atoms with E-state index in [0.717, 1.165) is 51.2 Å². The lowest BCUT2D eigenvalue weighted by molar-refractivity contribution is -0.137. The second-order valence-corrected chi connectivity index (χ2v) is 7.93. The lowest BCUT2D eigenvalue weighted by Gasteiger charge is -2.13. The van der Waals surface area contributed by atoms with Crippen molar-refractivity contribution in [1.82, 2.24) is 14.3 Å². The predicted octanol–water partition coefficient (Wildman–Crippen LogP) is 4.16. The molecule has 0 fully saturated rings. The van der Waals surface area contributed by atoms with E-state index in [0.29, 0.717) is 0 Å². The highest BCUT2D eigenvalue weighted by Crippen LogP contribution is 2.29. The van der Waals surface area contributed by atoms with Crippen LogP contribution in [0.3, 0.4) is 0 Å². The second-order valence-electron chi connectivity index (χ2n) is 7.93. The largest absolute Gasteiger partial charge is 0.416 e. The van der Waals surface area contributed by atoms with Crippen LogP contribution in [0.5, 0.6) is 0 Å². The van der Waals surface area contributed by atoms with Crippen LogP contribution >= 0.6 is 0 Å². The fraction of sp³-hybridized carbons (Fsp3) is 0.120. The van der Waals surface area contributed by atoms with Crippen LogP contribution in [0, 0.1) is 12.7 Å². The predicted molar refractivity (Wildman–Crippen MR) is 124 cm³/mol. The third-order valence-corrected chi connectivity index (χ3v) is 5.25. The fourth-order valence-corrected chi connectivity index (χ4v) is 3.43. The molecule has 0 unspecified atom stereocenters. The Hall–Kier alpha value is -4.54. The van der Waals surface area contributed by atoms with Crippen molar-refractivity contribution in [3.05, 3.63) is 122 Å². The number of amides is 1. The van der Waals surface area contributed by atoms with E-state index in [1.165, 1.54) is 12.1 Å². The minimum Gasteiger partial charge on any atom is -0.320 e. The second kappa shape index (κ2) is 9.61. The third-order valence-electron chi connectivity index (χ3n) is 5.25. The number of nitrogens with one attached hydrogen (secondary N) is 1. The topological polar surface area (TPSA) is 86.0 Å². The van der Waals surface area contributed by atoms with Crippen LogP contribution < -0.4 is 16.6 Å². The Morgan fingerprint density at radius 1 is 0.972 bits per heavy atom.